The molecule has 8 heteroatoms. The molecule has 0 N–H and O–H groups in total. The number of esters is 1. The van der Waals surface area contributed by atoms with Gasteiger partial charge in [-0.1, -0.05) is 23.7 Å². The second-order valence-corrected chi connectivity index (χ2v) is 5.86. The molecule has 0 bridgehead atoms. The van der Waals surface area contributed by atoms with Gasteiger partial charge in [0.2, 0.25) is 5.78 Å². The number of hydrogen-bond acceptors (Lipinski definition) is 4. The topological polar surface area (TPSA) is 43.4 Å². The molecule has 0 aliphatic rings. The van der Waals surface area contributed by atoms with Crippen LogP contribution in [0.15, 0.2) is 36.4 Å². The molecule has 1 aromatic carbocycles. The molecular formula is C14H8ClF3O3S. The summed E-state index contributed by atoms with van der Waals surface area (Å²) >= 11 is 6.66. The Hall–Kier alpha value is -1.86. The summed E-state index contributed by atoms with van der Waals surface area (Å²) in [7, 11) is 0. The summed E-state index contributed by atoms with van der Waals surface area (Å²) in [5, 5.41) is 0. The first-order valence-corrected chi connectivity index (χ1v) is 7.10. The molecule has 0 amide bonds. The number of benzene rings is 1. The Morgan fingerprint density at radius 2 is 1.82 bits per heavy atom. The molecule has 0 fully saturated rings. The number of hydrogen-bond donors (Lipinski definition) is 0. The van der Waals surface area contributed by atoms with Gasteiger partial charge in [0.05, 0.1) is 20.3 Å². The predicted molar refractivity (Wildman–Crippen MR) is 75.4 cm³/mol. The molecule has 2 rings (SSSR count). The first-order valence-electron chi connectivity index (χ1n) is 5.91. The van der Waals surface area contributed by atoms with E-state index in [9.17, 15) is 22.8 Å². The number of alkyl halides is 3. The molecule has 22 heavy (non-hydrogen) atoms. The van der Waals surface area contributed by atoms with Crippen molar-refractivity contribution in [3.63, 3.8) is 0 Å². The molecule has 116 valence electrons. The molecule has 1 aromatic heterocycles. The van der Waals surface area contributed by atoms with Crippen LogP contribution in [0.5, 0.6) is 0 Å². The number of Topliss-reactive ketones (excluding diaryl/α,β-unsaturated/α-hetero) is 1. The van der Waals surface area contributed by atoms with Crippen LogP contribution in [0.1, 0.15) is 25.6 Å². The molecule has 0 radical (unpaired) electrons. The summed E-state index contributed by atoms with van der Waals surface area (Å²) in [6.45, 7) is -0.651. The molecule has 3 nitrogen and oxygen atoms in total. The van der Waals surface area contributed by atoms with E-state index in [1.165, 1.54) is 24.3 Å². The Kier molecular flexibility index (Phi) is 4.87. The SMILES string of the molecule is O=C(COC(=O)c1ccccc1C(F)(F)F)c1ccc(Cl)s1. The van der Waals surface area contributed by atoms with E-state index in [0.29, 0.717) is 4.34 Å². The van der Waals surface area contributed by atoms with E-state index < -0.39 is 35.7 Å². The predicted octanol–water partition coefficient (Wildman–Crippen LogP) is 4.46. The van der Waals surface area contributed by atoms with Gasteiger partial charge in [0.15, 0.2) is 6.61 Å². The zero-order valence-corrected chi connectivity index (χ0v) is 12.4. The molecule has 0 saturated heterocycles. The third-order valence-electron chi connectivity index (χ3n) is 2.63. The normalized spacial score (nSPS) is 11.3. The lowest BCUT2D eigenvalue weighted by atomic mass is 10.1. The van der Waals surface area contributed by atoms with Crippen LogP contribution in [0.25, 0.3) is 0 Å². The van der Waals surface area contributed by atoms with Gasteiger partial charge >= 0.3 is 12.1 Å². The Bertz CT molecular complexity index is 709. The van der Waals surface area contributed by atoms with E-state index in [1.807, 2.05) is 0 Å². The second-order valence-electron chi connectivity index (χ2n) is 4.15. The third kappa shape index (κ3) is 3.86. The largest absolute Gasteiger partial charge is 0.454 e. The molecule has 0 saturated carbocycles. The van der Waals surface area contributed by atoms with Crippen molar-refractivity contribution < 1.29 is 27.5 Å². The van der Waals surface area contributed by atoms with E-state index in [4.69, 9.17) is 11.6 Å². The van der Waals surface area contributed by atoms with Crippen LogP contribution in [0, 0.1) is 0 Å². The van der Waals surface area contributed by atoms with Crippen molar-refractivity contribution in [2.24, 2.45) is 0 Å². The van der Waals surface area contributed by atoms with Crippen LogP contribution in [0.3, 0.4) is 0 Å². The molecule has 0 spiro atoms. The zero-order chi connectivity index (χ0) is 16.3. The van der Waals surface area contributed by atoms with Crippen molar-refractivity contribution in [3.8, 4) is 0 Å². The Morgan fingerprint density at radius 3 is 2.41 bits per heavy atom. The third-order valence-corrected chi connectivity index (χ3v) is 3.91. The van der Waals surface area contributed by atoms with E-state index in [0.717, 1.165) is 23.5 Å². The maximum atomic E-state index is 12.8. The number of halogens is 4. The summed E-state index contributed by atoms with van der Waals surface area (Å²) < 4.78 is 43.4. The Labute approximate surface area is 132 Å². The average molecular weight is 349 g/mol. The molecule has 0 atom stereocenters. The minimum Gasteiger partial charge on any atom is -0.454 e. The Balaban J connectivity index is 2.09. The van der Waals surface area contributed by atoms with Crippen molar-refractivity contribution in [1.82, 2.24) is 0 Å². The fourth-order valence-corrected chi connectivity index (χ4v) is 2.62. The Morgan fingerprint density at radius 1 is 1.14 bits per heavy atom. The quantitative estimate of drug-likeness (QED) is 0.605. The number of ketones is 1. The van der Waals surface area contributed by atoms with Crippen LogP contribution >= 0.6 is 22.9 Å². The van der Waals surface area contributed by atoms with Crippen LogP contribution in [-0.2, 0) is 10.9 Å². The number of carbonyl (C=O) groups is 2. The van der Waals surface area contributed by atoms with Crippen molar-refractivity contribution in [2.75, 3.05) is 6.61 Å². The van der Waals surface area contributed by atoms with Crippen molar-refractivity contribution in [1.29, 1.82) is 0 Å². The lowest BCUT2D eigenvalue weighted by Crippen LogP contribution is -2.18. The van der Waals surface area contributed by atoms with Gasteiger partial charge in [0.25, 0.3) is 0 Å². The fourth-order valence-electron chi connectivity index (χ4n) is 1.65. The van der Waals surface area contributed by atoms with Gasteiger partial charge in [-0.3, -0.25) is 4.79 Å². The average Bonchev–Trinajstić information content (AvgIpc) is 2.90. The van der Waals surface area contributed by atoms with E-state index in [1.54, 1.807) is 0 Å². The number of ether oxygens (including phenoxy) is 1. The summed E-state index contributed by atoms with van der Waals surface area (Å²) in [5.41, 5.74) is -1.74. The molecule has 1 heterocycles. The van der Waals surface area contributed by atoms with Crippen molar-refractivity contribution in [3.05, 3.63) is 56.7 Å². The van der Waals surface area contributed by atoms with Gasteiger partial charge in [-0.2, -0.15) is 13.2 Å². The highest BCUT2D eigenvalue weighted by molar-refractivity contribution is 7.18. The second kappa shape index (κ2) is 6.50. The zero-order valence-electron chi connectivity index (χ0n) is 10.8. The lowest BCUT2D eigenvalue weighted by Gasteiger charge is -2.11. The maximum absolute atomic E-state index is 12.8. The fraction of sp³-hybridized carbons (Fsp3) is 0.143. The minimum absolute atomic E-state index is 0.266. The highest BCUT2D eigenvalue weighted by Gasteiger charge is 2.35. The van der Waals surface area contributed by atoms with Gasteiger partial charge in [0, 0.05) is 0 Å². The van der Waals surface area contributed by atoms with Crippen LogP contribution in [-0.4, -0.2) is 18.4 Å². The van der Waals surface area contributed by atoms with E-state index in [2.05, 4.69) is 4.74 Å². The van der Waals surface area contributed by atoms with E-state index >= 15 is 0 Å². The summed E-state index contributed by atoms with van der Waals surface area (Å²) in [6.07, 6.45) is -4.68. The minimum atomic E-state index is -4.68. The van der Waals surface area contributed by atoms with Crippen molar-refractivity contribution in [2.45, 2.75) is 6.18 Å². The monoisotopic (exact) mass is 348 g/mol. The molecule has 0 aliphatic heterocycles. The first-order chi connectivity index (χ1) is 10.3. The van der Waals surface area contributed by atoms with Gasteiger partial charge in [-0.05, 0) is 24.3 Å². The number of thiophene rings is 1. The summed E-state index contributed by atoms with van der Waals surface area (Å²) in [6, 6.07) is 7.17. The van der Waals surface area contributed by atoms with Gasteiger partial charge in [-0.25, -0.2) is 4.79 Å². The number of rotatable bonds is 4. The number of carbonyl (C=O) groups excluding carboxylic acids is 2. The smallest absolute Gasteiger partial charge is 0.417 e. The van der Waals surface area contributed by atoms with Gasteiger partial charge < -0.3 is 4.74 Å². The maximum Gasteiger partial charge on any atom is 0.417 e. The molecular weight excluding hydrogens is 341 g/mol. The standard InChI is InChI=1S/C14H8ClF3O3S/c15-12-6-5-11(22-12)10(19)7-21-13(20)8-3-1-2-4-9(8)14(16,17)18/h1-6H,7H2. The highest BCUT2D eigenvalue weighted by Crippen LogP contribution is 2.32. The first kappa shape index (κ1) is 16.5. The van der Waals surface area contributed by atoms with E-state index in [-0.39, 0.29) is 4.88 Å². The summed E-state index contributed by atoms with van der Waals surface area (Å²) in [4.78, 5) is 23.7. The van der Waals surface area contributed by atoms with Crippen LogP contribution in [0.2, 0.25) is 4.34 Å². The molecule has 0 aliphatic carbocycles. The van der Waals surface area contributed by atoms with Gasteiger partial charge in [-0.15, -0.1) is 11.3 Å². The highest BCUT2D eigenvalue weighted by atomic mass is 35.5. The lowest BCUT2D eigenvalue weighted by molar-refractivity contribution is -0.138. The molecule has 2 aromatic rings. The van der Waals surface area contributed by atoms with Crippen LogP contribution in [0.4, 0.5) is 13.2 Å². The van der Waals surface area contributed by atoms with Gasteiger partial charge in [0.1, 0.15) is 0 Å². The molecule has 0 unspecified atom stereocenters. The van der Waals surface area contributed by atoms with Crippen LogP contribution < -0.4 is 0 Å². The summed E-state index contributed by atoms with van der Waals surface area (Å²) in [5.74, 6) is -1.74. The van der Waals surface area contributed by atoms with Crippen molar-refractivity contribution >= 4 is 34.7 Å².